The maximum atomic E-state index is 12.2. The van der Waals surface area contributed by atoms with Gasteiger partial charge in [0.25, 0.3) is 5.91 Å². The molecule has 0 aliphatic rings. The van der Waals surface area contributed by atoms with Crippen molar-refractivity contribution < 1.29 is 14.1 Å². The van der Waals surface area contributed by atoms with Crippen LogP contribution >= 0.6 is 11.6 Å². The third kappa shape index (κ3) is 3.75. The van der Waals surface area contributed by atoms with E-state index in [9.17, 15) is 4.79 Å². The molecule has 122 valence electrons. The summed E-state index contributed by atoms with van der Waals surface area (Å²) >= 11 is 5.82. The van der Waals surface area contributed by atoms with Gasteiger partial charge in [0.15, 0.2) is 11.5 Å². The normalized spacial score (nSPS) is 10.4. The molecule has 0 atom stereocenters. The fourth-order valence-corrected chi connectivity index (χ4v) is 2.25. The molecule has 0 aliphatic carbocycles. The summed E-state index contributed by atoms with van der Waals surface area (Å²) in [6, 6.07) is 15.8. The topological polar surface area (TPSA) is 64.4 Å². The first-order valence-electron chi connectivity index (χ1n) is 7.42. The molecule has 0 saturated carbocycles. The monoisotopic (exact) mass is 342 g/mol. The summed E-state index contributed by atoms with van der Waals surface area (Å²) < 4.78 is 10.7. The Morgan fingerprint density at radius 2 is 1.88 bits per heavy atom. The van der Waals surface area contributed by atoms with Crippen molar-refractivity contribution in [3.63, 3.8) is 0 Å². The van der Waals surface area contributed by atoms with Crippen molar-refractivity contribution in [1.29, 1.82) is 0 Å². The first kappa shape index (κ1) is 16.1. The molecule has 1 heterocycles. The van der Waals surface area contributed by atoms with Gasteiger partial charge in [-0.15, -0.1) is 0 Å². The van der Waals surface area contributed by atoms with E-state index < -0.39 is 0 Å². The number of carbonyl (C=O) groups is 1. The van der Waals surface area contributed by atoms with E-state index in [1.807, 2.05) is 31.2 Å². The van der Waals surface area contributed by atoms with Crippen LogP contribution in [0, 0.1) is 0 Å². The molecule has 1 amide bonds. The second kappa shape index (κ2) is 7.19. The Bertz CT molecular complexity index is 826. The fraction of sp³-hybridized carbons (Fsp3) is 0.111. The second-order valence-electron chi connectivity index (χ2n) is 4.99. The molecule has 0 radical (unpaired) electrons. The van der Waals surface area contributed by atoms with Gasteiger partial charge in [-0.25, -0.2) is 0 Å². The van der Waals surface area contributed by atoms with E-state index in [2.05, 4.69) is 10.5 Å². The number of nitrogens with one attached hydrogen (secondary N) is 1. The zero-order valence-corrected chi connectivity index (χ0v) is 13.7. The van der Waals surface area contributed by atoms with Crippen molar-refractivity contribution in [2.45, 2.75) is 6.92 Å². The Labute approximate surface area is 144 Å². The Hall–Kier alpha value is -2.79. The predicted molar refractivity (Wildman–Crippen MR) is 92.5 cm³/mol. The Kier molecular flexibility index (Phi) is 4.82. The molecular formula is C18H15ClN2O3. The Balaban J connectivity index is 1.72. The summed E-state index contributed by atoms with van der Waals surface area (Å²) in [5.74, 6) is 0.944. The molecule has 24 heavy (non-hydrogen) atoms. The van der Waals surface area contributed by atoms with Gasteiger partial charge in [0.2, 0.25) is 0 Å². The highest BCUT2D eigenvalue weighted by Gasteiger charge is 2.14. The molecule has 0 spiro atoms. The SMILES string of the molecule is CCOc1ccc(-c2cc(C(=O)Nc3ccc(Cl)cc3)no2)cc1. The maximum absolute atomic E-state index is 12.2. The van der Waals surface area contributed by atoms with Crippen LogP contribution in [-0.4, -0.2) is 17.7 Å². The first-order valence-corrected chi connectivity index (χ1v) is 7.80. The smallest absolute Gasteiger partial charge is 0.277 e. The van der Waals surface area contributed by atoms with Gasteiger partial charge in [-0.1, -0.05) is 16.8 Å². The standard InChI is InChI=1S/C18H15ClN2O3/c1-2-23-15-9-3-12(4-10-15)17-11-16(21-24-17)18(22)20-14-7-5-13(19)6-8-14/h3-11H,2H2,1H3,(H,20,22). The van der Waals surface area contributed by atoms with Gasteiger partial charge >= 0.3 is 0 Å². The molecule has 2 aromatic carbocycles. The molecule has 5 nitrogen and oxygen atoms in total. The molecule has 1 N–H and O–H groups in total. The minimum Gasteiger partial charge on any atom is -0.494 e. The molecule has 3 aromatic rings. The van der Waals surface area contributed by atoms with Crippen LogP contribution in [0.3, 0.4) is 0 Å². The molecule has 3 rings (SSSR count). The van der Waals surface area contributed by atoms with Crippen molar-refractivity contribution >= 4 is 23.2 Å². The van der Waals surface area contributed by atoms with Crippen molar-refractivity contribution in [2.75, 3.05) is 11.9 Å². The quantitative estimate of drug-likeness (QED) is 0.733. The van der Waals surface area contributed by atoms with Gasteiger partial charge in [0, 0.05) is 22.3 Å². The lowest BCUT2D eigenvalue weighted by molar-refractivity contribution is 0.101. The molecule has 1 aromatic heterocycles. The highest BCUT2D eigenvalue weighted by molar-refractivity contribution is 6.30. The highest BCUT2D eigenvalue weighted by Crippen LogP contribution is 2.23. The van der Waals surface area contributed by atoms with Crippen LogP contribution in [0.4, 0.5) is 5.69 Å². The molecule has 0 unspecified atom stereocenters. The Morgan fingerprint density at radius 1 is 1.17 bits per heavy atom. The van der Waals surface area contributed by atoms with Gasteiger partial charge in [-0.3, -0.25) is 4.79 Å². The van der Waals surface area contributed by atoms with E-state index in [1.54, 1.807) is 30.3 Å². The number of amides is 1. The van der Waals surface area contributed by atoms with Crippen LogP contribution in [0.5, 0.6) is 5.75 Å². The van der Waals surface area contributed by atoms with Gasteiger partial charge < -0.3 is 14.6 Å². The number of benzene rings is 2. The van der Waals surface area contributed by atoms with E-state index in [4.69, 9.17) is 20.9 Å². The van der Waals surface area contributed by atoms with Crippen LogP contribution in [0.25, 0.3) is 11.3 Å². The average molecular weight is 343 g/mol. The molecular weight excluding hydrogens is 328 g/mol. The number of nitrogens with zero attached hydrogens (tertiary/aromatic N) is 1. The summed E-state index contributed by atoms with van der Waals surface area (Å²) in [4.78, 5) is 12.2. The van der Waals surface area contributed by atoms with Crippen molar-refractivity contribution in [3.8, 4) is 17.1 Å². The van der Waals surface area contributed by atoms with E-state index in [1.165, 1.54) is 0 Å². The van der Waals surface area contributed by atoms with Crippen LogP contribution in [0.15, 0.2) is 59.1 Å². The molecule has 0 bridgehead atoms. The number of hydrogen-bond donors (Lipinski definition) is 1. The largest absolute Gasteiger partial charge is 0.494 e. The number of carbonyl (C=O) groups excluding carboxylic acids is 1. The number of halogens is 1. The molecule has 0 saturated heterocycles. The van der Waals surface area contributed by atoms with Gasteiger partial charge in [-0.05, 0) is 55.5 Å². The van der Waals surface area contributed by atoms with Crippen LogP contribution < -0.4 is 10.1 Å². The fourth-order valence-electron chi connectivity index (χ4n) is 2.13. The number of ether oxygens (including phenoxy) is 1. The summed E-state index contributed by atoms with van der Waals surface area (Å²) in [5.41, 5.74) is 1.65. The zero-order valence-electron chi connectivity index (χ0n) is 13.0. The second-order valence-corrected chi connectivity index (χ2v) is 5.43. The highest BCUT2D eigenvalue weighted by atomic mass is 35.5. The maximum Gasteiger partial charge on any atom is 0.277 e. The minimum absolute atomic E-state index is 0.203. The lowest BCUT2D eigenvalue weighted by Crippen LogP contribution is -2.11. The summed E-state index contributed by atoms with van der Waals surface area (Å²) in [6.07, 6.45) is 0. The van der Waals surface area contributed by atoms with Crippen LogP contribution in [-0.2, 0) is 0 Å². The lowest BCUT2D eigenvalue weighted by Gasteiger charge is -2.02. The number of hydrogen-bond acceptors (Lipinski definition) is 4. The number of rotatable bonds is 5. The molecule has 6 heteroatoms. The van der Waals surface area contributed by atoms with Crippen molar-refractivity contribution in [2.24, 2.45) is 0 Å². The predicted octanol–water partition coefficient (Wildman–Crippen LogP) is 4.65. The third-order valence-electron chi connectivity index (χ3n) is 3.29. The van der Waals surface area contributed by atoms with Crippen LogP contribution in [0.2, 0.25) is 5.02 Å². The zero-order chi connectivity index (χ0) is 16.9. The van der Waals surface area contributed by atoms with Gasteiger partial charge in [0.05, 0.1) is 6.61 Å². The molecule has 0 fully saturated rings. The van der Waals surface area contributed by atoms with Crippen molar-refractivity contribution in [3.05, 3.63) is 65.3 Å². The van der Waals surface area contributed by atoms with Crippen LogP contribution in [0.1, 0.15) is 17.4 Å². The summed E-state index contributed by atoms with van der Waals surface area (Å²) in [7, 11) is 0. The lowest BCUT2D eigenvalue weighted by atomic mass is 10.1. The van der Waals surface area contributed by atoms with E-state index in [0.717, 1.165) is 11.3 Å². The van der Waals surface area contributed by atoms with Crippen molar-refractivity contribution in [1.82, 2.24) is 5.16 Å². The summed E-state index contributed by atoms with van der Waals surface area (Å²) in [6.45, 7) is 2.53. The summed E-state index contributed by atoms with van der Waals surface area (Å²) in [5, 5.41) is 7.16. The minimum atomic E-state index is -0.349. The van der Waals surface area contributed by atoms with E-state index >= 15 is 0 Å². The third-order valence-corrected chi connectivity index (χ3v) is 3.55. The van der Waals surface area contributed by atoms with Gasteiger partial charge in [-0.2, -0.15) is 0 Å². The number of anilines is 1. The first-order chi connectivity index (χ1) is 11.7. The number of aromatic nitrogens is 1. The van der Waals surface area contributed by atoms with Gasteiger partial charge in [0.1, 0.15) is 5.75 Å². The molecule has 0 aliphatic heterocycles. The Morgan fingerprint density at radius 3 is 2.54 bits per heavy atom. The van der Waals surface area contributed by atoms with E-state index in [-0.39, 0.29) is 11.6 Å². The average Bonchev–Trinajstić information content (AvgIpc) is 3.08. The van der Waals surface area contributed by atoms with E-state index in [0.29, 0.717) is 23.1 Å².